The highest BCUT2D eigenvalue weighted by Crippen LogP contribution is 2.24. The lowest BCUT2D eigenvalue weighted by Gasteiger charge is -2.33. The maximum absolute atomic E-state index is 12.8. The predicted octanol–water partition coefficient (Wildman–Crippen LogP) is 2.15. The summed E-state index contributed by atoms with van der Waals surface area (Å²) in [7, 11) is 0. The van der Waals surface area contributed by atoms with Crippen LogP contribution in [0.1, 0.15) is 36.2 Å². The van der Waals surface area contributed by atoms with Gasteiger partial charge in [-0.2, -0.15) is 0 Å². The molecule has 0 aromatic carbocycles. The van der Waals surface area contributed by atoms with Gasteiger partial charge in [-0.1, -0.05) is 0 Å². The molecule has 2 aromatic heterocycles. The van der Waals surface area contributed by atoms with Crippen molar-refractivity contribution in [2.45, 2.75) is 25.8 Å². The molecule has 0 N–H and O–H groups in total. The van der Waals surface area contributed by atoms with E-state index >= 15 is 0 Å². The largest absolute Gasteiger partial charge is 0.477 e. The van der Waals surface area contributed by atoms with Gasteiger partial charge < -0.3 is 14.2 Å². The number of rotatable bonds is 4. The minimum atomic E-state index is -0.0126. The third-order valence-corrected chi connectivity index (χ3v) is 3.91. The van der Waals surface area contributed by atoms with E-state index in [2.05, 4.69) is 14.5 Å². The molecule has 0 saturated carbocycles. The second kappa shape index (κ2) is 6.60. The van der Waals surface area contributed by atoms with E-state index in [-0.39, 0.29) is 11.9 Å². The summed E-state index contributed by atoms with van der Waals surface area (Å²) in [6.07, 6.45) is 9.23. The molecule has 1 unspecified atom stereocenters. The molecule has 1 fully saturated rings. The third kappa shape index (κ3) is 2.95. The maximum Gasteiger partial charge on any atom is 0.259 e. The summed E-state index contributed by atoms with van der Waals surface area (Å²) in [4.78, 5) is 22.9. The number of piperidine rings is 1. The van der Waals surface area contributed by atoms with E-state index in [0.29, 0.717) is 24.6 Å². The first kappa shape index (κ1) is 14.6. The lowest BCUT2D eigenvalue weighted by atomic mass is 10.0. The number of likely N-dealkylation sites (tertiary alicyclic amines) is 1. The first-order valence-electron chi connectivity index (χ1n) is 7.64. The normalized spacial score (nSPS) is 18.2. The molecule has 2 aromatic rings. The van der Waals surface area contributed by atoms with Crippen molar-refractivity contribution in [2.75, 3.05) is 19.7 Å². The molecule has 1 amide bonds. The topological polar surface area (TPSA) is 60.2 Å². The number of carbonyl (C=O) groups is 1. The van der Waals surface area contributed by atoms with Gasteiger partial charge in [-0.25, -0.2) is 9.97 Å². The lowest BCUT2D eigenvalue weighted by Crippen LogP contribution is -2.40. The quantitative estimate of drug-likeness (QED) is 0.868. The van der Waals surface area contributed by atoms with Gasteiger partial charge in [0.15, 0.2) is 0 Å². The van der Waals surface area contributed by atoms with E-state index in [9.17, 15) is 4.79 Å². The molecule has 6 heteroatoms. The minimum Gasteiger partial charge on any atom is -0.477 e. The SMILES string of the molecule is CCOc1ncccc1C(=O)N1CCCC(n2ccnc2)C1. The molecule has 3 rings (SSSR count). The van der Waals surface area contributed by atoms with Crippen molar-refractivity contribution in [1.82, 2.24) is 19.4 Å². The Morgan fingerprint density at radius 2 is 2.36 bits per heavy atom. The van der Waals surface area contributed by atoms with Gasteiger partial charge >= 0.3 is 0 Å². The maximum atomic E-state index is 12.8. The number of imidazole rings is 1. The molecule has 1 atom stereocenters. The van der Waals surface area contributed by atoms with Crippen LogP contribution in [0.15, 0.2) is 37.1 Å². The van der Waals surface area contributed by atoms with E-state index in [1.807, 2.05) is 24.3 Å². The fraction of sp³-hybridized carbons (Fsp3) is 0.438. The summed E-state index contributed by atoms with van der Waals surface area (Å²) in [6, 6.07) is 3.83. The molecule has 0 spiro atoms. The monoisotopic (exact) mass is 300 g/mol. The summed E-state index contributed by atoms with van der Waals surface area (Å²) in [5, 5.41) is 0. The number of hydrogen-bond acceptors (Lipinski definition) is 4. The van der Waals surface area contributed by atoms with Gasteiger partial charge in [0.05, 0.1) is 19.0 Å². The Morgan fingerprint density at radius 1 is 1.45 bits per heavy atom. The molecule has 0 radical (unpaired) electrons. The molecular formula is C16H20N4O2. The summed E-state index contributed by atoms with van der Waals surface area (Å²) in [5.74, 6) is 0.404. The predicted molar refractivity (Wildman–Crippen MR) is 81.8 cm³/mol. The van der Waals surface area contributed by atoms with E-state index < -0.39 is 0 Å². The zero-order valence-electron chi connectivity index (χ0n) is 12.7. The molecule has 116 valence electrons. The van der Waals surface area contributed by atoms with Gasteiger partial charge in [0, 0.05) is 31.7 Å². The lowest BCUT2D eigenvalue weighted by molar-refractivity contribution is 0.0674. The number of nitrogens with zero attached hydrogens (tertiary/aromatic N) is 4. The Morgan fingerprint density at radius 3 is 3.14 bits per heavy atom. The van der Waals surface area contributed by atoms with Gasteiger partial charge in [0.25, 0.3) is 5.91 Å². The van der Waals surface area contributed by atoms with Crippen LogP contribution in [0.5, 0.6) is 5.88 Å². The summed E-state index contributed by atoms with van der Waals surface area (Å²) < 4.78 is 7.55. The van der Waals surface area contributed by atoms with Crippen LogP contribution in [0.2, 0.25) is 0 Å². The number of hydrogen-bond donors (Lipinski definition) is 0. The third-order valence-electron chi connectivity index (χ3n) is 3.91. The molecule has 6 nitrogen and oxygen atoms in total. The molecule has 1 aliphatic heterocycles. The number of pyridine rings is 1. The van der Waals surface area contributed by atoms with Crippen molar-refractivity contribution >= 4 is 5.91 Å². The van der Waals surface area contributed by atoms with Crippen molar-refractivity contribution < 1.29 is 9.53 Å². The van der Waals surface area contributed by atoms with E-state index in [1.165, 1.54) is 0 Å². The number of ether oxygens (including phenoxy) is 1. The molecular weight excluding hydrogens is 280 g/mol. The second-order valence-electron chi connectivity index (χ2n) is 5.35. The standard InChI is InChI=1S/C16H20N4O2/c1-2-22-15-14(6-3-7-18-15)16(21)19-9-4-5-13(11-19)20-10-8-17-12-20/h3,6-8,10,12-13H,2,4-5,9,11H2,1H3. The molecule has 0 aliphatic carbocycles. The van der Waals surface area contributed by atoms with Crippen LogP contribution in [0.4, 0.5) is 0 Å². The Bertz CT molecular complexity index is 627. The Hall–Kier alpha value is -2.37. The first-order chi connectivity index (χ1) is 10.8. The highest BCUT2D eigenvalue weighted by molar-refractivity contribution is 5.96. The fourth-order valence-corrected chi connectivity index (χ4v) is 2.84. The average Bonchev–Trinajstić information content (AvgIpc) is 3.10. The number of amides is 1. The van der Waals surface area contributed by atoms with Crippen molar-refractivity contribution in [1.29, 1.82) is 0 Å². The molecule has 1 saturated heterocycles. The van der Waals surface area contributed by atoms with Crippen LogP contribution >= 0.6 is 0 Å². The minimum absolute atomic E-state index is 0.0126. The summed E-state index contributed by atoms with van der Waals surface area (Å²) in [5.41, 5.74) is 0.538. The highest BCUT2D eigenvalue weighted by atomic mass is 16.5. The van der Waals surface area contributed by atoms with Crippen molar-refractivity contribution in [3.63, 3.8) is 0 Å². The van der Waals surface area contributed by atoms with Crippen LogP contribution in [-0.4, -0.2) is 45.0 Å². The Labute approximate surface area is 129 Å². The summed E-state index contributed by atoms with van der Waals surface area (Å²) >= 11 is 0. The average molecular weight is 300 g/mol. The second-order valence-corrected chi connectivity index (χ2v) is 5.35. The summed E-state index contributed by atoms with van der Waals surface area (Å²) in [6.45, 7) is 3.84. The highest BCUT2D eigenvalue weighted by Gasteiger charge is 2.27. The van der Waals surface area contributed by atoms with E-state index in [4.69, 9.17) is 4.74 Å². The van der Waals surface area contributed by atoms with E-state index in [0.717, 1.165) is 19.4 Å². The fourth-order valence-electron chi connectivity index (χ4n) is 2.84. The number of carbonyl (C=O) groups excluding carboxylic acids is 1. The van der Waals surface area contributed by atoms with Crippen LogP contribution < -0.4 is 4.74 Å². The van der Waals surface area contributed by atoms with Gasteiger partial charge in [-0.3, -0.25) is 4.79 Å². The van der Waals surface area contributed by atoms with Crippen molar-refractivity contribution in [3.05, 3.63) is 42.6 Å². The number of aromatic nitrogens is 3. The first-order valence-corrected chi connectivity index (χ1v) is 7.64. The van der Waals surface area contributed by atoms with Crippen LogP contribution in [0.3, 0.4) is 0 Å². The van der Waals surface area contributed by atoms with Crippen molar-refractivity contribution in [2.24, 2.45) is 0 Å². The van der Waals surface area contributed by atoms with Gasteiger partial charge in [0.2, 0.25) is 5.88 Å². The van der Waals surface area contributed by atoms with Crippen molar-refractivity contribution in [3.8, 4) is 5.88 Å². The van der Waals surface area contributed by atoms with Gasteiger partial charge in [0.1, 0.15) is 5.56 Å². The van der Waals surface area contributed by atoms with Gasteiger partial charge in [-0.05, 0) is 31.9 Å². The van der Waals surface area contributed by atoms with Crippen LogP contribution in [-0.2, 0) is 0 Å². The molecule has 22 heavy (non-hydrogen) atoms. The Balaban J connectivity index is 1.77. The Kier molecular flexibility index (Phi) is 4.37. The zero-order valence-corrected chi connectivity index (χ0v) is 12.7. The van der Waals surface area contributed by atoms with E-state index in [1.54, 1.807) is 24.5 Å². The molecule has 0 bridgehead atoms. The zero-order chi connectivity index (χ0) is 15.4. The molecule has 1 aliphatic rings. The van der Waals surface area contributed by atoms with Crippen LogP contribution in [0.25, 0.3) is 0 Å². The van der Waals surface area contributed by atoms with Gasteiger partial charge in [-0.15, -0.1) is 0 Å². The van der Waals surface area contributed by atoms with Crippen LogP contribution in [0, 0.1) is 0 Å². The molecule has 3 heterocycles. The smallest absolute Gasteiger partial charge is 0.259 e.